The number of aryl methyl sites for hydroxylation is 1. The van der Waals surface area contributed by atoms with Crippen LogP contribution >= 0.6 is 11.6 Å². The summed E-state index contributed by atoms with van der Waals surface area (Å²) in [6.07, 6.45) is 7.08. The van der Waals surface area contributed by atoms with E-state index in [9.17, 15) is 0 Å². The molecule has 17 heavy (non-hydrogen) atoms. The van der Waals surface area contributed by atoms with Crippen molar-refractivity contribution in [3.63, 3.8) is 0 Å². The van der Waals surface area contributed by atoms with E-state index in [4.69, 9.17) is 11.6 Å². The Kier molecular flexibility index (Phi) is 6.60. The molecule has 0 radical (unpaired) electrons. The first-order valence-corrected chi connectivity index (χ1v) is 6.93. The second kappa shape index (κ2) is 7.72. The van der Waals surface area contributed by atoms with E-state index >= 15 is 0 Å². The number of hydrogen-bond donors (Lipinski definition) is 1. The number of halogens is 1. The van der Waals surface area contributed by atoms with E-state index in [0.29, 0.717) is 5.92 Å². The highest BCUT2D eigenvalue weighted by Crippen LogP contribution is 2.17. The maximum absolute atomic E-state index is 6.36. The molecule has 3 nitrogen and oxygen atoms in total. The third kappa shape index (κ3) is 4.68. The summed E-state index contributed by atoms with van der Waals surface area (Å²) in [5.74, 6) is 1.74. The number of hydrogen-bond acceptors (Lipinski definition) is 2. The number of alkyl halides is 1. The molecule has 1 heterocycles. The number of nitrogens with one attached hydrogen (secondary N) is 1. The second-order valence-corrected chi connectivity index (χ2v) is 5.06. The van der Waals surface area contributed by atoms with Crippen LogP contribution in [0.1, 0.15) is 32.5 Å². The lowest BCUT2D eigenvalue weighted by Gasteiger charge is -2.19. The summed E-state index contributed by atoms with van der Waals surface area (Å²) in [6, 6.07) is 0. The first-order chi connectivity index (χ1) is 8.19. The Hall–Kier alpha value is -0.540. The van der Waals surface area contributed by atoms with Gasteiger partial charge < -0.3 is 9.88 Å². The third-order valence-corrected chi connectivity index (χ3v) is 3.86. The van der Waals surface area contributed by atoms with Gasteiger partial charge in [0.05, 0.1) is 0 Å². The highest BCUT2D eigenvalue weighted by atomic mass is 35.5. The van der Waals surface area contributed by atoms with E-state index in [2.05, 4.69) is 28.7 Å². The van der Waals surface area contributed by atoms with E-state index in [1.54, 1.807) is 0 Å². The zero-order chi connectivity index (χ0) is 12.7. The fourth-order valence-corrected chi connectivity index (χ4v) is 2.51. The summed E-state index contributed by atoms with van der Waals surface area (Å²) in [5, 5.41) is 3.66. The van der Waals surface area contributed by atoms with Crippen LogP contribution in [-0.4, -0.2) is 28.0 Å². The Balaban J connectivity index is 2.18. The summed E-state index contributed by atoms with van der Waals surface area (Å²) in [6.45, 7) is 6.24. The smallest absolute Gasteiger partial charge is 0.109 e. The van der Waals surface area contributed by atoms with E-state index < -0.39 is 0 Å². The molecule has 0 bridgehead atoms. The first kappa shape index (κ1) is 14.5. The Labute approximate surface area is 110 Å². The highest BCUT2D eigenvalue weighted by Gasteiger charge is 2.14. The molecule has 98 valence electrons. The SMILES string of the molecule is CCC(CC)C(Cl)CNCCc1nccn1C. The fraction of sp³-hybridized carbons (Fsp3) is 0.769. The average molecular weight is 258 g/mol. The van der Waals surface area contributed by atoms with Crippen molar-refractivity contribution < 1.29 is 0 Å². The van der Waals surface area contributed by atoms with Crippen LogP contribution in [0.3, 0.4) is 0 Å². The highest BCUT2D eigenvalue weighted by molar-refractivity contribution is 6.21. The van der Waals surface area contributed by atoms with Crippen molar-refractivity contribution in [3.8, 4) is 0 Å². The fourth-order valence-electron chi connectivity index (χ4n) is 2.04. The molecule has 0 aromatic carbocycles. The normalized spacial score (nSPS) is 13.2. The number of rotatable bonds is 8. The maximum Gasteiger partial charge on any atom is 0.109 e. The maximum atomic E-state index is 6.36. The van der Waals surface area contributed by atoms with Gasteiger partial charge in [0, 0.05) is 44.3 Å². The van der Waals surface area contributed by atoms with Gasteiger partial charge in [-0.1, -0.05) is 26.7 Å². The van der Waals surface area contributed by atoms with Gasteiger partial charge in [-0.25, -0.2) is 4.98 Å². The second-order valence-electron chi connectivity index (χ2n) is 4.50. The molecular formula is C13H24ClN3. The topological polar surface area (TPSA) is 29.9 Å². The standard InChI is InChI=1S/C13H24ClN3/c1-4-11(5-2)12(14)10-15-7-6-13-16-8-9-17(13)3/h8-9,11-12,15H,4-7,10H2,1-3H3. The molecule has 1 N–H and O–H groups in total. The Morgan fingerprint density at radius 3 is 2.65 bits per heavy atom. The minimum atomic E-state index is 0.242. The van der Waals surface area contributed by atoms with Crippen LogP contribution in [0.25, 0.3) is 0 Å². The Bertz CT molecular complexity index is 307. The molecule has 0 aliphatic heterocycles. The minimum absolute atomic E-state index is 0.242. The molecule has 4 heteroatoms. The van der Waals surface area contributed by atoms with Crippen molar-refractivity contribution in [2.45, 2.75) is 38.5 Å². The van der Waals surface area contributed by atoms with Crippen LogP contribution in [-0.2, 0) is 13.5 Å². The zero-order valence-electron chi connectivity index (χ0n) is 11.1. The number of nitrogens with zero attached hydrogens (tertiary/aromatic N) is 2. The molecule has 0 spiro atoms. The molecule has 0 aliphatic carbocycles. The average Bonchev–Trinajstić information content (AvgIpc) is 2.72. The summed E-state index contributed by atoms with van der Waals surface area (Å²) in [5.41, 5.74) is 0. The lowest BCUT2D eigenvalue weighted by molar-refractivity contribution is 0.446. The third-order valence-electron chi connectivity index (χ3n) is 3.35. The van der Waals surface area contributed by atoms with E-state index in [1.165, 1.54) is 0 Å². The van der Waals surface area contributed by atoms with Crippen molar-refractivity contribution in [1.82, 2.24) is 14.9 Å². The van der Waals surface area contributed by atoms with E-state index in [-0.39, 0.29) is 5.38 Å². The number of aromatic nitrogens is 2. The molecule has 1 aromatic rings. The molecule has 1 unspecified atom stereocenters. The van der Waals surface area contributed by atoms with Gasteiger partial charge in [0.15, 0.2) is 0 Å². The first-order valence-electron chi connectivity index (χ1n) is 6.50. The van der Waals surface area contributed by atoms with Crippen molar-refractivity contribution in [2.75, 3.05) is 13.1 Å². The van der Waals surface area contributed by atoms with Crippen molar-refractivity contribution >= 4 is 11.6 Å². The molecule has 1 aromatic heterocycles. The van der Waals surface area contributed by atoms with Crippen molar-refractivity contribution in [3.05, 3.63) is 18.2 Å². The van der Waals surface area contributed by atoms with Crippen LogP contribution in [0, 0.1) is 5.92 Å². The van der Waals surface area contributed by atoms with Gasteiger partial charge in [0.25, 0.3) is 0 Å². The van der Waals surface area contributed by atoms with E-state index in [0.717, 1.165) is 38.2 Å². The van der Waals surface area contributed by atoms with Crippen LogP contribution < -0.4 is 5.32 Å². The Morgan fingerprint density at radius 1 is 1.41 bits per heavy atom. The van der Waals surface area contributed by atoms with Crippen molar-refractivity contribution in [1.29, 1.82) is 0 Å². The van der Waals surface area contributed by atoms with Crippen molar-refractivity contribution in [2.24, 2.45) is 13.0 Å². The predicted octanol–water partition coefficient (Wildman–Crippen LogP) is 2.60. The van der Waals surface area contributed by atoms with Gasteiger partial charge in [0.1, 0.15) is 5.82 Å². The molecule has 0 saturated heterocycles. The lowest BCUT2D eigenvalue weighted by atomic mass is 9.99. The summed E-state index contributed by atoms with van der Waals surface area (Å²) >= 11 is 6.36. The van der Waals surface area contributed by atoms with Gasteiger partial charge in [-0.05, 0) is 5.92 Å². The zero-order valence-corrected chi connectivity index (χ0v) is 11.9. The minimum Gasteiger partial charge on any atom is -0.338 e. The van der Waals surface area contributed by atoms with E-state index in [1.807, 2.05) is 19.4 Å². The molecular weight excluding hydrogens is 234 g/mol. The largest absolute Gasteiger partial charge is 0.338 e. The monoisotopic (exact) mass is 257 g/mol. The van der Waals surface area contributed by atoms with Gasteiger partial charge in [0.2, 0.25) is 0 Å². The predicted molar refractivity (Wildman–Crippen MR) is 73.5 cm³/mol. The molecule has 1 rings (SSSR count). The molecule has 0 aliphatic rings. The molecule has 0 fully saturated rings. The van der Waals surface area contributed by atoms with Gasteiger partial charge >= 0.3 is 0 Å². The van der Waals surface area contributed by atoms with Crippen LogP contribution in [0.15, 0.2) is 12.4 Å². The summed E-state index contributed by atoms with van der Waals surface area (Å²) in [4.78, 5) is 4.29. The van der Waals surface area contributed by atoms with Crippen LogP contribution in [0.2, 0.25) is 0 Å². The Morgan fingerprint density at radius 2 is 2.12 bits per heavy atom. The summed E-state index contributed by atoms with van der Waals surface area (Å²) < 4.78 is 2.06. The van der Waals surface area contributed by atoms with Gasteiger partial charge in [-0.3, -0.25) is 0 Å². The molecule has 0 saturated carbocycles. The number of imidazole rings is 1. The molecule has 1 atom stereocenters. The molecule has 0 amide bonds. The van der Waals surface area contributed by atoms with Crippen LogP contribution in [0.5, 0.6) is 0 Å². The van der Waals surface area contributed by atoms with Gasteiger partial charge in [-0.2, -0.15) is 0 Å². The lowest BCUT2D eigenvalue weighted by Crippen LogP contribution is -2.30. The van der Waals surface area contributed by atoms with Crippen LogP contribution in [0.4, 0.5) is 0 Å². The van der Waals surface area contributed by atoms with Gasteiger partial charge in [-0.15, -0.1) is 11.6 Å². The summed E-state index contributed by atoms with van der Waals surface area (Å²) in [7, 11) is 2.02. The quantitative estimate of drug-likeness (QED) is 0.573.